The number of carboxylic acid groups (broad SMARTS) is 1. The molecule has 224 valence electrons. The Morgan fingerprint density at radius 2 is 1.88 bits per heavy atom. The molecule has 0 saturated carbocycles. The highest BCUT2D eigenvalue weighted by Crippen LogP contribution is 2.39. The molecule has 4 aromatic rings. The van der Waals surface area contributed by atoms with E-state index in [4.69, 9.17) is 14.5 Å². The topological polar surface area (TPSA) is 96.5 Å². The highest BCUT2D eigenvalue weighted by Gasteiger charge is 2.35. The number of piperidine rings is 1. The molecule has 9 heteroatoms. The van der Waals surface area contributed by atoms with Crippen molar-refractivity contribution in [1.29, 1.82) is 0 Å². The average Bonchev–Trinajstić information content (AvgIpc) is 3.40. The Hall–Kier alpha value is -4.21. The Balaban J connectivity index is 1.53. The summed E-state index contributed by atoms with van der Waals surface area (Å²) in [5.41, 5.74) is 4.99. The lowest BCUT2D eigenvalue weighted by atomic mass is 9.92. The van der Waals surface area contributed by atoms with E-state index in [0.29, 0.717) is 60.0 Å². The minimum atomic E-state index is -1.69. The van der Waals surface area contributed by atoms with Crippen LogP contribution in [0.5, 0.6) is 5.75 Å². The van der Waals surface area contributed by atoms with Gasteiger partial charge in [-0.2, -0.15) is 0 Å². The van der Waals surface area contributed by atoms with Gasteiger partial charge in [0.15, 0.2) is 11.8 Å². The number of carbonyl (C=O) groups is 1. The second-order valence-corrected chi connectivity index (χ2v) is 11.8. The van der Waals surface area contributed by atoms with Gasteiger partial charge in [-0.05, 0) is 62.9 Å². The molecule has 3 aliphatic heterocycles. The molecule has 1 fully saturated rings. The molecule has 0 radical (unpaired) electrons. The number of aromatic nitrogens is 2. The summed E-state index contributed by atoms with van der Waals surface area (Å²) < 4.78 is 28.8. The van der Waals surface area contributed by atoms with E-state index >= 15 is 0 Å². The van der Waals surface area contributed by atoms with E-state index in [2.05, 4.69) is 11.8 Å². The lowest BCUT2D eigenvalue weighted by Crippen LogP contribution is -2.45. The van der Waals surface area contributed by atoms with Crippen molar-refractivity contribution >= 4 is 17.3 Å². The molecule has 2 aromatic carbocycles. The lowest BCUT2D eigenvalue weighted by Gasteiger charge is -2.41. The molecule has 3 aliphatic rings. The highest BCUT2D eigenvalue weighted by atomic mass is 19.1. The van der Waals surface area contributed by atoms with Gasteiger partial charge in [-0.25, -0.2) is 14.2 Å². The van der Waals surface area contributed by atoms with Crippen LogP contribution in [0.25, 0.3) is 28.0 Å². The summed E-state index contributed by atoms with van der Waals surface area (Å²) in [6.45, 7) is 7.56. The Bertz CT molecular complexity index is 1710. The number of aliphatic carboxylic acids is 1. The number of rotatable bonds is 2. The molecular weight excluding hydrogens is 549 g/mol. The number of carboxylic acids is 1. The molecule has 43 heavy (non-hydrogen) atoms. The van der Waals surface area contributed by atoms with E-state index in [1.165, 1.54) is 12.1 Å². The first-order valence-corrected chi connectivity index (χ1v) is 14.7. The summed E-state index contributed by atoms with van der Waals surface area (Å²) >= 11 is 0. The summed E-state index contributed by atoms with van der Waals surface area (Å²) in [7, 11) is 0. The largest absolute Gasteiger partial charge is 0.490 e. The van der Waals surface area contributed by atoms with Crippen molar-refractivity contribution in [2.45, 2.75) is 57.8 Å². The standard InChI is InChI=1S/C34H36FN3O5/c1-21-19-38-20-27-24-9-6-8-23(17-24)26-11-10-25(35)18-28(26)43-22(2)7-4-5-16-42-34(3)12-14-37(15-13-34)30(32(38)36-27)29(21)31(39)33(40)41/h4-6,8-11,17-20,22,31,39H,7,12-16H2,1-3H3,(H,40,41)/t22-,31-/m0/s1. The third-order valence-corrected chi connectivity index (χ3v) is 8.51. The van der Waals surface area contributed by atoms with Crippen molar-refractivity contribution in [2.24, 2.45) is 0 Å². The molecular formula is C34H36FN3O5. The molecule has 6 bridgehead atoms. The summed E-state index contributed by atoms with van der Waals surface area (Å²) in [5, 5.41) is 20.6. The van der Waals surface area contributed by atoms with E-state index in [1.807, 2.05) is 67.1 Å². The van der Waals surface area contributed by atoms with Gasteiger partial charge in [0.05, 0.1) is 29.7 Å². The molecule has 0 amide bonds. The van der Waals surface area contributed by atoms with Gasteiger partial charge in [-0.15, -0.1) is 0 Å². The number of aliphatic hydroxyl groups excluding tert-OH is 1. The van der Waals surface area contributed by atoms with Gasteiger partial charge in [0, 0.05) is 54.7 Å². The van der Waals surface area contributed by atoms with Crippen LogP contribution in [-0.4, -0.2) is 57.0 Å². The molecule has 5 heterocycles. The van der Waals surface area contributed by atoms with Gasteiger partial charge in [0.2, 0.25) is 0 Å². The monoisotopic (exact) mass is 585 g/mol. The van der Waals surface area contributed by atoms with Crippen LogP contribution in [0.3, 0.4) is 0 Å². The summed E-state index contributed by atoms with van der Waals surface area (Å²) in [6.07, 6.45) is 7.96. The predicted molar refractivity (Wildman–Crippen MR) is 163 cm³/mol. The van der Waals surface area contributed by atoms with Crippen molar-refractivity contribution in [2.75, 3.05) is 24.6 Å². The zero-order valence-corrected chi connectivity index (χ0v) is 24.6. The molecule has 1 saturated heterocycles. The maximum absolute atomic E-state index is 14.3. The lowest BCUT2D eigenvalue weighted by molar-refractivity contribution is -0.147. The maximum Gasteiger partial charge on any atom is 0.337 e. The number of benzene rings is 2. The molecule has 8 nitrogen and oxygen atoms in total. The highest BCUT2D eigenvalue weighted by molar-refractivity contribution is 5.85. The Labute approximate surface area is 250 Å². The Kier molecular flexibility index (Phi) is 7.70. The number of hydrogen-bond acceptors (Lipinski definition) is 6. The number of fused-ring (bicyclic) bond motifs is 7. The first-order chi connectivity index (χ1) is 20.6. The van der Waals surface area contributed by atoms with E-state index < -0.39 is 12.1 Å². The number of halogens is 1. The number of nitrogens with zero attached hydrogens (tertiary/aromatic N) is 3. The first-order valence-electron chi connectivity index (χ1n) is 14.7. The fraction of sp³-hybridized carbons (Fsp3) is 0.353. The molecule has 7 rings (SSSR count). The molecule has 0 aliphatic carbocycles. The molecule has 0 spiro atoms. The second-order valence-electron chi connectivity index (χ2n) is 11.8. The van der Waals surface area contributed by atoms with E-state index in [0.717, 1.165) is 29.5 Å². The van der Waals surface area contributed by atoms with Crippen LogP contribution in [0.4, 0.5) is 10.1 Å². The van der Waals surface area contributed by atoms with Crippen LogP contribution in [-0.2, 0) is 9.53 Å². The molecule has 2 atom stereocenters. The number of hydrogen-bond donors (Lipinski definition) is 2. The van der Waals surface area contributed by atoms with E-state index in [-0.39, 0.29) is 17.5 Å². The van der Waals surface area contributed by atoms with Crippen molar-refractivity contribution in [3.05, 3.63) is 84.0 Å². The van der Waals surface area contributed by atoms with Crippen molar-refractivity contribution in [3.8, 4) is 28.1 Å². The number of aryl methyl sites for hydroxylation is 1. The average molecular weight is 586 g/mol. The maximum atomic E-state index is 14.3. The summed E-state index contributed by atoms with van der Waals surface area (Å²) in [5.74, 6) is -1.22. The normalized spacial score (nSPS) is 21.4. The van der Waals surface area contributed by atoms with Crippen molar-refractivity contribution < 1.29 is 28.9 Å². The third-order valence-electron chi connectivity index (χ3n) is 8.51. The fourth-order valence-corrected chi connectivity index (χ4v) is 6.07. The molecule has 0 unspecified atom stereocenters. The zero-order valence-electron chi connectivity index (χ0n) is 24.6. The molecule has 2 aromatic heterocycles. The van der Waals surface area contributed by atoms with Crippen LogP contribution in [0.1, 0.15) is 50.3 Å². The van der Waals surface area contributed by atoms with Crippen LogP contribution < -0.4 is 9.64 Å². The number of anilines is 1. The van der Waals surface area contributed by atoms with Gasteiger partial charge >= 0.3 is 5.97 Å². The summed E-state index contributed by atoms with van der Waals surface area (Å²) in [4.78, 5) is 19.1. The predicted octanol–water partition coefficient (Wildman–Crippen LogP) is 6.34. The number of pyridine rings is 1. The number of ether oxygens (including phenoxy) is 2. The van der Waals surface area contributed by atoms with Crippen LogP contribution in [0.2, 0.25) is 0 Å². The minimum absolute atomic E-state index is 0.181. The van der Waals surface area contributed by atoms with Gasteiger partial charge in [-0.3, -0.25) is 0 Å². The van der Waals surface area contributed by atoms with E-state index in [1.54, 1.807) is 6.07 Å². The smallest absolute Gasteiger partial charge is 0.337 e. The quantitative estimate of drug-likeness (QED) is 0.265. The SMILES string of the molecule is Cc1cn2cc3nc2c(c1[C@H](O)C(=O)O)N1CCC(C)(CC1)OCC=CC[C@H](C)Oc1cc(F)ccc1-c1cccc-3c1. The summed E-state index contributed by atoms with van der Waals surface area (Å²) in [6, 6.07) is 12.4. The fourth-order valence-electron chi connectivity index (χ4n) is 6.07. The van der Waals surface area contributed by atoms with Crippen LogP contribution in [0.15, 0.2) is 67.0 Å². The van der Waals surface area contributed by atoms with Gasteiger partial charge in [0.1, 0.15) is 11.6 Å². The van der Waals surface area contributed by atoms with Crippen molar-refractivity contribution in [3.63, 3.8) is 0 Å². The van der Waals surface area contributed by atoms with Crippen LogP contribution >= 0.6 is 0 Å². The third kappa shape index (κ3) is 5.75. The Morgan fingerprint density at radius 1 is 1.12 bits per heavy atom. The second kappa shape index (κ2) is 11.5. The molecule has 2 N–H and O–H groups in total. The first kappa shape index (κ1) is 28.9. The Morgan fingerprint density at radius 3 is 2.65 bits per heavy atom. The van der Waals surface area contributed by atoms with Gasteiger partial charge < -0.3 is 29.0 Å². The van der Waals surface area contributed by atoms with E-state index in [9.17, 15) is 19.4 Å². The minimum Gasteiger partial charge on any atom is -0.490 e. The van der Waals surface area contributed by atoms with Crippen LogP contribution in [0, 0.1) is 12.7 Å². The van der Waals surface area contributed by atoms with Gasteiger partial charge in [-0.1, -0.05) is 30.4 Å². The zero-order chi connectivity index (χ0) is 30.3. The van der Waals surface area contributed by atoms with Gasteiger partial charge in [0.25, 0.3) is 0 Å². The van der Waals surface area contributed by atoms with Crippen molar-refractivity contribution in [1.82, 2.24) is 9.38 Å². The number of imidazole rings is 1. The number of aliphatic hydroxyl groups is 1.